The zero-order valence-corrected chi connectivity index (χ0v) is 16.8. The third kappa shape index (κ3) is 5.77. The van der Waals surface area contributed by atoms with Crippen molar-refractivity contribution in [3.8, 4) is 11.3 Å². The SMILES string of the molecule is O=C(NCc1ccc(C(F)(F)F)nc1)c1cc(-c2ccc(Cl)cn2)cc(C(O)C(F)F)c1. The summed E-state index contributed by atoms with van der Waals surface area (Å²) < 4.78 is 63.9. The number of pyridine rings is 2. The molecule has 0 fully saturated rings. The van der Waals surface area contributed by atoms with Crippen molar-refractivity contribution in [2.75, 3.05) is 0 Å². The number of hydrogen-bond acceptors (Lipinski definition) is 4. The Morgan fingerprint density at radius 1 is 1.06 bits per heavy atom. The Morgan fingerprint density at radius 2 is 1.81 bits per heavy atom. The Kier molecular flexibility index (Phi) is 7.05. The summed E-state index contributed by atoms with van der Waals surface area (Å²) in [7, 11) is 0. The summed E-state index contributed by atoms with van der Waals surface area (Å²) in [6.45, 7) is -0.153. The maximum absolute atomic E-state index is 13.0. The summed E-state index contributed by atoms with van der Waals surface area (Å²) >= 11 is 5.80. The number of hydrogen-bond donors (Lipinski definition) is 2. The van der Waals surface area contributed by atoms with Crippen molar-refractivity contribution in [1.82, 2.24) is 15.3 Å². The Bertz CT molecular complexity index is 1090. The highest BCUT2D eigenvalue weighted by Gasteiger charge is 2.32. The normalized spacial score (nSPS) is 12.6. The van der Waals surface area contributed by atoms with E-state index in [1.165, 1.54) is 30.5 Å². The van der Waals surface area contributed by atoms with E-state index in [0.29, 0.717) is 21.8 Å². The predicted octanol–water partition coefficient (Wildman–Crippen LogP) is 5.04. The van der Waals surface area contributed by atoms with Gasteiger partial charge in [0.2, 0.25) is 0 Å². The lowest BCUT2D eigenvalue weighted by atomic mass is 9.99. The second-order valence-corrected chi connectivity index (χ2v) is 7.15. The Hall–Kier alpha value is -3.11. The smallest absolute Gasteiger partial charge is 0.382 e. The molecule has 0 aliphatic rings. The third-order valence-electron chi connectivity index (χ3n) is 4.39. The number of nitrogens with zero attached hydrogens (tertiary/aromatic N) is 2. The molecule has 0 saturated heterocycles. The topological polar surface area (TPSA) is 75.1 Å². The Morgan fingerprint density at radius 3 is 2.38 bits per heavy atom. The molecule has 0 saturated carbocycles. The highest BCUT2D eigenvalue weighted by atomic mass is 35.5. The van der Waals surface area contributed by atoms with E-state index in [4.69, 9.17) is 11.6 Å². The van der Waals surface area contributed by atoms with Gasteiger partial charge in [0.15, 0.2) is 0 Å². The molecule has 0 aliphatic carbocycles. The number of aliphatic hydroxyl groups is 1. The fraction of sp³-hybridized carbons (Fsp3) is 0.190. The van der Waals surface area contributed by atoms with E-state index in [-0.39, 0.29) is 17.7 Å². The molecule has 168 valence electrons. The first-order valence-electron chi connectivity index (χ1n) is 9.08. The van der Waals surface area contributed by atoms with Crippen molar-refractivity contribution in [2.24, 2.45) is 0 Å². The first-order chi connectivity index (χ1) is 15.0. The van der Waals surface area contributed by atoms with Gasteiger partial charge in [0, 0.05) is 30.1 Å². The van der Waals surface area contributed by atoms with Gasteiger partial charge >= 0.3 is 6.18 Å². The van der Waals surface area contributed by atoms with E-state index in [1.807, 2.05) is 0 Å². The predicted molar refractivity (Wildman–Crippen MR) is 106 cm³/mol. The third-order valence-corrected chi connectivity index (χ3v) is 4.61. The Balaban J connectivity index is 1.85. The summed E-state index contributed by atoms with van der Waals surface area (Å²) in [5, 5.41) is 12.6. The van der Waals surface area contributed by atoms with E-state index >= 15 is 0 Å². The van der Waals surface area contributed by atoms with Crippen LogP contribution >= 0.6 is 11.6 Å². The standard InChI is InChI=1S/C21H15ClF5N3O2/c22-15-2-3-16(28-10-15)12-5-13(18(31)19(23)24)7-14(6-12)20(32)30-9-11-1-4-17(29-8-11)21(25,26)27/h1-8,10,18-19,31H,9H2,(H,30,32). The summed E-state index contributed by atoms with van der Waals surface area (Å²) in [5.74, 6) is -0.691. The average molecular weight is 472 g/mol. The number of benzene rings is 1. The number of aliphatic hydroxyl groups excluding tert-OH is 1. The molecule has 2 heterocycles. The van der Waals surface area contributed by atoms with Gasteiger partial charge in [0.25, 0.3) is 12.3 Å². The molecule has 0 radical (unpaired) electrons. The number of rotatable bonds is 6. The van der Waals surface area contributed by atoms with Crippen molar-refractivity contribution in [3.05, 3.63) is 82.3 Å². The molecule has 1 aromatic carbocycles. The van der Waals surface area contributed by atoms with Crippen LogP contribution in [-0.2, 0) is 12.7 Å². The van der Waals surface area contributed by atoms with Crippen molar-refractivity contribution in [1.29, 1.82) is 0 Å². The van der Waals surface area contributed by atoms with E-state index in [9.17, 15) is 31.9 Å². The van der Waals surface area contributed by atoms with Gasteiger partial charge < -0.3 is 10.4 Å². The zero-order chi connectivity index (χ0) is 23.5. The minimum absolute atomic E-state index is 0.0474. The lowest BCUT2D eigenvalue weighted by Crippen LogP contribution is -2.23. The first kappa shape index (κ1) is 23.6. The molecule has 3 rings (SSSR count). The second kappa shape index (κ2) is 9.58. The van der Waals surface area contributed by atoms with Gasteiger partial charge in [-0.15, -0.1) is 0 Å². The lowest BCUT2D eigenvalue weighted by Gasteiger charge is -2.14. The van der Waals surface area contributed by atoms with Crippen LogP contribution in [0.3, 0.4) is 0 Å². The van der Waals surface area contributed by atoms with Crippen LogP contribution in [-0.4, -0.2) is 27.4 Å². The highest BCUT2D eigenvalue weighted by molar-refractivity contribution is 6.30. The molecule has 0 bridgehead atoms. The molecule has 2 N–H and O–H groups in total. The molecule has 3 aromatic rings. The van der Waals surface area contributed by atoms with Crippen LogP contribution in [0.5, 0.6) is 0 Å². The number of halogens is 6. The molecule has 2 aromatic heterocycles. The molecular formula is C21H15ClF5N3O2. The molecule has 1 atom stereocenters. The minimum Gasteiger partial charge on any atom is -0.382 e. The molecule has 0 aliphatic heterocycles. The summed E-state index contributed by atoms with van der Waals surface area (Å²) in [6, 6.07) is 8.77. The highest BCUT2D eigenvalue weighted by Crippen LogP contribution is 2.29. The molecule has 1 amide bonds. The molecule has 5 nitrogen and oxygen atoms in total. The van der Waals surface area contributed by atoms with Gasteiger partial charge in [0.05, 0.1) is 10.7 Å². The van der Waals surface area contributed by atoms with Gasteiger partial charge in [-0.25, -0.2) is 8.78 Å². The van der Waals surface area contributed by atoms with Gasteiger partial charge in [0.1, 0.15) is 11.8 Å². The summed E-state index contributed by atoms with van der Waals surface area (Å²) in [6.07, 6.45) is -7.49. The largest absolute Gasteiger partial charge is 0.433 e. The molecule has 1 unspecified atom stereocenters. The van der Waals surface area contributed by atoms with Crippen LogP contribution in [0.25, 0.3) is 11.3 Å². The number of aromatic nitrogens is 2. The van der Waals surface area contributed by atoms with Crippen LogP contribution in [0.15, 0.2) is 54.9 Å². The maximum atomic E-state index is 13.0. The summed E-state index contributed by atoms with van der Waals surface area (Å²) in [5.41, 5.74) is -0.389. The van der Waals surface area contributed by atoms with Crippen LogP contribution in [0.1, 0.15) is 33.3 Å². The van der Waals surface area contributed by atoms with Gasteiger partial charge in [-0.05, 0) is 47.5 Å². The van der Waals surface area contributed by atoms with E-state index in [0.717, 1.165) is 24.4 Å². The van der Waals surface area contributed by atoms with Gasteiger partial charge in [-0.3, -0.25) is 14.8 Å². The van der Waals surface area contributed by atoms with Crippen molar-refractivity contribution < 1.29 is 31.9 Å². The molecule has 32 heavy (non-hydrogen) atoms. The first-order valence-corrected chi connectivity index (χ1v) is 9.46. The number of amides is 1. The van der Waals surface area contributed by atoms with E-state index in [1.54, 1.807) is 0 Å². The second-order valence-electron chi connectivity index (χ2n) is 6.72. The number of carbonyl (C=O) groups is 1. The van der Waals surface area contributed by atoms with Crippen LogP contribution in [0.4, 0.5) is 22.0 Å². The van der Waals surface area contributed by atoms with Gasteiger partial charge in [-0.1, -0.05) is 17.7 Å². The van der Waals surface area contributed by atoms with Crippen LogP contribution < -0.4 is 5.32 Å². The summed E-state index contributed by atoms with van der Waals surface area (Å²) in [4.78, 5) is 20.0. The van der Waals surface area contributed by atoms with Crippen molar-refractivity contribution in [3.63, 3.8) is 0 Å². The van der Waals surface area contributed by atoms with Gasteiger partial charge in [-0.2, -0.15) is 13.2 Å². The van der Waals surface area contributed by atoms with Crippen molar-refractivity contribution in [2.45, 2.75) is 25.3 Å². The lowest BCUT2D eigenvalue weighted by molar-refractivity contribution is -0.141. The van der Waals surface area contributed by atoms with Crippen LogP contribution in [0.2, 0.25) is 5.02 Å². The zero-order valence-electron chi connectivity index (χ0n) is 16.1. The van der Waals surface area contributed by atoms with E-state index in [2.05, 4.69) is 15.3 Å². The number of nitrogens with one attached hydrogen (secondary N) is 1. The minimum atomic E-state index is -4.58. The number of carbonyl (C=O) groups excluding carboxylic acids is 1. The van der Waals surface area contributed by atoms with Crippen LogP contribution in [0, 0.1) is 0 Å². The fourth-order valence-corrected chi connectivity index (χ4v) is 2.89. The molecule has 11 heteroatoms. The van der Waals surface area contributed by atoms with Crippen molar-refractivity contribution >= 4 is 17.5 Å². The maximum Gasteiger partial charge on any atom is 0.433 e. The molecular weight excluding hydrogens is 457 g/mol. The van der Waals surface area contributed by atoms with E-state index < -0.39 is 30.3 Å². The Labute approximate surface area is 183 Å². The average Bonchev–Trinajstić information content (AvgIpc) is 2.76. The molecule has 0 spiro atoms. The monoisotopic (exact) mass is 471 g/mol. The fourth-order valence-electron chi connectivity index (χ4n) is 2.77. The number of alkyl halides is 5. The quantitative estimate of drug-likeness (QED) is 0.494.